The highest BCUT2D eigenvalue weighted by Crippen LogP contribution is 2.22. The molecule has 0 aliphatic carbocycles. The first kappa shape index (κ1) is 14.8. The van der Waals surface area contributed by atoms with Crippen LogP contribution in [-0.4, -0.2) is 31.4 Å². The molecule has 104 valence electrons. The van der Waals surface area contributed by atoms with Crippen LogP contribution in [0.2, 0.25) is 0 Å². The second kappa shape index (κ2) is 6.08. The van der Waals surface area contributed by atoms with Gasteiger partial charge in [-0.1, -0.05) is 0 Å². The van der Waals surface area contributed by atoms with Crippen molar-refractivity contribution < 1.29 is 9.59 Å². The molecular formula is C13H20N4O2. The summed E-state index contributed by atoms with van der Waals surface area (Å²) < 4.78 is 0. The van der Waals surface area contributed by atoms with Crippen LogP contribution in [0.3, 0.4) is 0 Å². The van der Waals surface area contributed by atoms with Crippen LogP contribution in [0.5, 0.6) is 0 Å². The smallest absolute Gasteiger partial charge is 0.250 e. The molecule has 0 atom stereocenters. The van der Waals surface area contributed by atoms with Crippen molar-refractivity contribution in [2.24, 2.45) is 5.73 Å². The van der Waals surface area contributed by atoms with Crippen LogP contribution in [-0.2, 0) is 4.79 Å². The Morgan fingerprint density at radius 3 is 2.53 bits per heavy atom. The van der Waals surface area contributed by atoms with E-state index < -0.39 is 5.91 Å². The molecule has 0 unspecified atom stereocenters. The van der Waals surface area contributed by atoms with E-state index in [9.17, 15) is 9.59 Å². The number of carbonyl (C=O) groups is 2. The third-order valence-electron chi connectivity index (χ3n) is 2.53. The van der Waals surface area contributed by atoms with E-state index in [1.165, 1.54) is 0 Å². The number of nitrogens with zero attached hydrogens (tertiary/aromatic N) is 1. The summed E-state index contributed by atoms with van der Waals surface area (Å²) >= 11 is 0. The van der Waals surface area contributed by atoms with Gasteiger partial charge in [0.2, 0.25) is 5.91 Å². The van der Waals surface area contributed by atoms with E-state index in [2.05, 4.69) is 5.32 Å². The fourth-order valence-electron chi connectivity index (χ4n) is 1.74. The number of hydrogen-bond donors (Lipinski definition) is 3. The topological polar surface area (TPSA) is 101 Å². The lowest BCUT2D eigenvalue weighted by Gasteiger charge is -2.22. The van der Waals surface area contributed by atoms with Crippen molar-refractivity contribution in [1.29, 1.82) is 0 Å². The molecule has 0 spiro atoms. The Morgan fingerprint density at radius 2 is 2.00 bits per heavy atom. The minimum absolute atomic E-state index is 0.0670. The maximum atomic E-state index is 11.7. The zero-order chi connectivity index (χ0) is 14.6. The molecule has 6 heteroatoms. The number of anilines is 2. The summed E-state index contributed by atoms with van der Waals surface area (Å²) in [5.74, 6) is -0.679. The standard InChI is InChI=1S/C13H20N4O2/c1-8(2)16-12(18)7-17(3)11-6-9(14)4-5-10(11)13(15)19/h4-6,8H,7,14H2,1-3H3,(H2,15,19)(H,16,18). The Balaban J connectivity index is 2.92. The van der Waals surface area contributed by atoms with Crippen molar-refractivity contribution in [3.63, 3.8) is 0 Å². The maximum Gasteiger partial charge on any atom is 0.250 e. The van der Waals surface area contributed by atoms with Crippen LogP contribution in [0.25, 0.3) is 0 Å². The van der Waals surface area contributed by atoms with Crippen molar-refractivity contribution in [1.82, 2.24) is 5.32 Å². The summed E-state index contributed by atoms with van der Waals surface area (Å²) in [4.78, 5) is 24.7. The molecule has 0 aliphatic heterocycles. The summed E-state index contributed by atoms with van der Waals surface area (Å²) in [5.41, 5.74) is 12.4. The van der Waals surface area contributed by atoms with Crippen molar-refractivity contribution in [3.8, 4) is 0 Å². The summed E-state index contributed by atoms with van der Waals surface area (Å²) in [6.45, 7) is 3.89. The van der Waals surface area contributed by atoms with Gasteiger partial charge < -0.3 is 21.7 Å². The molecule has 1 aromatic rings. The quantitative estimate of drug-likeness (QED) is 0.667. The number of nitrogens with two attached hydrogens (primary N) is 2. The first-order valence-electron chi connectivity index (χ1n) is 6.01. The highest BCUT2D eigenvalue weighted by atomic mass is 16.2. The van der Waals surface area contributed by atoms with Gasteiger partial charge in [-0.3, -0.25) is 9.59 Å². The normalized spacial score (nSPS) is 10.3. The maximum absolute atomic E-state index is 11.7. The zero-order valence-corrected chi connectivity index (χ0v) is 11.4. The molecule has 1 rings (SSSR count). The first-order chi connectivity index (χ1) is 8.81. The van der Waals surface area contributed by atoms with E-state index in [0.29, 0.717) is 16.9 Å². The molecule has 2 amide bonds. The average molecular weight is 264 g/mol. The SMILES string of the molecule is CC(C)NC(=O)CN(C)c1cc(N)ccc1C(N)=O. The van der Waals surface area contributed by atoms with Crippen LogP contribution in [0.4, 0.5) is 11.4 Å². The van der Waals surface area contributed by atoms with Crippen LogP contribution in [0, 0.1) is 0 Å². The zero-order valence-electron chi connectivity index (χ0n) is 11.4. The molecule has 5 N–H and O–H groups in total. The lowest BCUT2D eigenvalue weighted by atomic mass is 10.1. The van der Waals surface area contributed by atoms with Crippen LogP contribution < -0.4 is 21.7 Å². The van der Waals surface area contributed by atoms with Gasteiger partial charge in [0.25, 0.3) is 5.91 Å². The van der Waals surface area contributed by atoms with E-state index in [-0.39, 0.29) is 18.5 Å². The Bertz CT molecular complexity index is 486. The van der Waals surface area contributed by atoms with E-state index in [1.54, 1.807) is 30.1 Å². The van der Waals surface area contributed by atoms with Crippen LogP contribution in [0.15, 0.2) is 18.2 Å². The molecule has 0 bridgehead atoms. The highest BCUT2D eigenvalue weighted by molar-refractivity contribution is 6.00. The van der Waals surface area contributed by atoms with E-state index >= 15 is 0 Å². The van der Waals surface area contributed by atoms with Gasteiger partial charge in [-0.2, -0.15) is 0 Å². The Hall–Kier alpha value is -2.24. The van der Waals surface area contributed by atoms with Gasteiger partial charge in [0.05, 0.1) is 17.8 Å². The molecule has 0 aromatic heterocycles. The number of benzene rings is 1. The molecule has 6 nitrogen and oxygen atoms in total. The molecule has 0 heterocycles. The molecule has 0 radical (unpaired) electrons. The van der Waals surface area contributed by atoms with Crippen molar-refractivity contribution in [2.45, 2.75) is 19.9 Å². The number of carbonyl (C=O) groups excluding carboxylic acids is 2. The molecule has 0 saturated carbocycles. The first-order valence-corrected chi connectivity index (χ1v) is 6.01. The summed E-state index contributed by atoms with van der Waals surface area (Å²) in [6, 6.07) is 4.86. The number of amides is 2. The molecule has 0 saturated heterocycles. The molecular weight excluding hydrogens is 244 g/mol. The lowest BCUT2D eigenvalue weighted by Crippen LogP contribution is -2.39. The third-order valence-corrected chi connectivity index (χ3v) is 2.53. The predicted molar refractivity (Wildman–Crippen MR) is 75.9 cm³/mol. The predicted octanol–water partition coefficient (Wildman–Crippen LogP) is 0.329. The second-order valence-electron chi connectivity index (χ2n) is 4.72. The van der Waals surface area contributed by atoms with Gasteiger partial charge in [-0.25, -0.2) is 0 Å². The Labute approximate surface area is 112 Å². The van der Waals surface area contributed by atoms with Gasteiger partial charge in [0.1, 0.15) is 0 Å². The number of rotatable bonds is 5. The minimum Gasteiger partial charge on any atom is -0.399 e. The largest absolute Gasteiger partial charge is 0.399 e. The monoisotopic (exact) mass is 264 g/mol. The summed E-state index contributed by atoms with van der Waals surface area (Å²) in [6.07, 6.45) is 0. The van der Waals surface area contributed by atoms with E-state index in [4.69, 9.17) is 11.5 Å². The number of hydrogen-bond acceptors (Lipinski definition) is 4. The Morgan fingerprint density at radius 1 is 1.37 bits per heavy atom. The fraction of sp³-hybridized carbons (Fsp3) is 0.385. The van der Waals surface area contributed by atoms with Gasteiger partial charge in [0, 0.05) is 18.8 Å². The van der Waals surface area contributed by atoms with Gasteiger partial charge in [-0.05, 0) is 32.0 Å². The number of likely N-dealkylation sites (N-methyl/N-ethyl adjacent to an activating group) is 1. The lowest BCUT2D eigenvalue weighted by molar-refractivity contribution is -0.120. The molecule has 0 aliphatic rings. The highest BCUT2D eigenvalue weighted by Gasteiger charge is 2.15. The van der Waals surface area contributed by atoms with E-state index in [1.807, 2.05) is 13.8 Å². The van der Waals surface area contributed by atoms with Gasteiger partial charge in [-0.15, -0.1) is 0 Å². The summed E-state index contributed by atoms with van der Waals surface area (Å²) in [5, 5.41) is 2.78. The van der Waals surface area contributed by atoms with Crippen molar-refractivity contribution in [2.75, 3.05) is 24.2 Å². The van der Waals surface area contributed by atoms with Crippen molar-refractivity contribution >= 4 is 23.2 Å². The van der Waals surface area contributed by atoms with Crippen LogP contribution >= 0.6 is 0 Å². The third kappa shape index (κ3) is 4.17. The number of primary amides is 1. The molecule has 1 aromatic carbocycles. The number of nitrogens with one attached hydrogen (secondary N) is 1. The van der Waals surface area contributed by atoms with Gasteiger partial charge >= 0.3 is 0 Å². The van der Waals surface area contributed by atoms with E-state index in [0.717, 1.165) is 0 Å². The molecule has 19 heavy (non-hydrogen) atoms. The minimum atomic E-state index is -0.550. The van der Waals surface area contributed by atoms with Crippen LogP contribution in [0.1, 0.15) is 24.2 Å². The molecule has 0 fully saturated rings. The fourth-order valence-corrected chi connectivity index (χ4v) is 1.74. The second-order valence-corrected chi connectivity index (χ2v) is 4.72. The van der Waals surface area contributed by atoms with Gasteiger partial charge in [0.15, 0.2) is 0 Å². The summed E-state index contributed by atoms with van der Waals surface area (Å²) in [7, 11) is 1.71. The number of nitrogen functional groups attached to an aromatic ring is 1. The Kier molecular flexibility index (Phi) is 4.74. The van der Waals surface area contributed by atoms with Crippen molar-refractivity contribution in [3.05, 3.63) is 23.8 Å². The average Bonchev–Trinajstić information content (AvgIpc) is 2.26.